The molecule has 1 fully saturated rings. The lowest BCUT2D eigenvalue weighted by molar-refractivity contribution is 0.378. The van der Waals surface area contributed by atoms with Crippen molar-refractivity contribution in [2.45, 2.75) is 44.9 Å². The van der Waals surface area contributed by atoms with Crippen molar-refractivity contribution in [2.75, 3.05) is 5.88 Å². The fourth-order valence-electron chi connectivity index (χ4n) is 1.81. The van der Waals surface area contributed by atoms with Crippen LogP contribution in [0.4, 0.5) is 0 Å². The molecule has 0 nitrogen and oxygen atoms in total. The van der Waals surface area contributed by atoms with E-state index < -0.39 is 0 Å². The zero-order valence-electron chi connectivity index (χ0n) is 7.19. The largest absolute Gasteiger partial charge is 0.127 e. The highest BCUT2D eigenvalue weighted by Crippen LogP contribution is 2.26. The number of halogens is 1. The van der Waals surface area contributed by atoms with Gasteiger partial charge in [-0.05, 0) is 25.2 Å². The molecule has 65 valence electrons. The second-order valence-corrected chi connectivity index (χ2v) is 3.88. The second-order valence-electron chi connectivity index (χ2n) is 3.51. The Labute approximate surface area is 75.3 Å². The molecule has 0 aromatic carbocycles. The molecule has 0 aromatic heterocycles. The number of rotatable bonds is 4. The van der Waals surface area contributed by atoms with Gasteiger partial charge in [-0.25, -0.2) is 0 Å². The molecular formula is C10H18Cl. The quantitative estimate of drug-likeness (QED) is 0.448. The Morgan fingerprint density at radius 2 is 2.27 bits per heavy atom. The van der Waals surface area contributed by atoms with Crippen molar-refractivity contribution in [1.82, 2.24) is 0 Å². The van der Waals surface area contributed by atoms with E-state index in [0.29, 0.717) is 0 Å². The highest BCUT2D eigenvalue weighted by molar-refractivity contribution is 6.17. The summed E-state index contributed by atoms with van der Waals surface area (Å²) in [6.07, 6.45) is 12.0. The molecule has 1 unspecified atom stereocenters. The van der Waals surface area contributed by atoms with Crippen molar-refractivity contribution in [1.29, 1.82) is 0 Å². The summed E-state index contributed by atoms with van der Waals surface area (Å²) in [7, 11) is 0. The SMILES string of the molecule is ClCCCCC1C[CH]CCC1. The van der Waals surface area contributed by atoms with E-state index in [2.05, 4.69) is 6.42 Å². The van der Waals surface area contributed by atoms with E-state index in [1.807, 2.05) is 0 Å². The van der Waals surface area contributed by atoms with Crippen LogP contribution in [0, 0.1) is 12.3 Å². The Bertz CT molecular complexity index is 84.9. The van der Waals surface area contributed by atoms with Gasteiger partial charge in [0.25, 0.3) is 0 Å². The van der Waals surface area contributed by atoms with Gasteiger partial charge in [0.05, 0.1) is 0 Å². The Morgan fingerprint density at radius 3 is 2.91 bits per heavy atom. The van der Waals surface area contributed by atoms with Crippen LogP contribution in [0.5, 0.6) is 0 Å². The Hall–Kier alpha value is 0.290. The molecule has 0 saturated heterocycles. The van der Waals surface area contributed by atoms with Crippen LogP contribution in [0.2, 0.25) is 0 Å². The van der Waals surface area contributed by atoms with Crippen LogP contribution in [0.1, 0.15) is 44.9 Å². The van der Waals surface area contributed by atoms with Gasteiger partial charge in [-0.15, -0.1) is 11.6 Å². The number of alkyl halides is 1. The number of hydrogen-bond acceptors (Lipinski definition) is 0. The molecular weight excluding hydrogens is 156 g/mol. The molecule has 1 atom stereocenters. The summed E-state index contributed by atoms with van der Waals surface area (Å²) in [6.45, 7) is 0. The summed E-state index contributed by atoms with van der Waals surface area (Å²) in [5.74, 6) is 1.84. The molecule has 0 spiro atoms. The molecule has 1 aliphatic rings. The molecule has 0 amide bonds. The molecule has 0 aromatic rings. The number of unbranched alkanes of at least 4 members (excludes halogenated alkanes) is 1. The Balaban J connectivity index is 1.96. The number of hydrogen-bond donors (Lipinski definition) is 0. The highest BCUT2D eigenvalue weighted by Gasteiger charge is 2.12. The first kappa shape index (κ1) is 9.38. The normalized spacial score (nSPS) is 20.5. The van der Waals surface area contributed by atoms with Crippen molar-refractivity contribution >= 4 is 11.6 Å². The minimum Gasteiger partial charge on any atom is -0.127 e. The molecule has 0 aliphatic heterocycles. The standard InChI is InChI=1S/C10H18Cl/c11-9-5-4-8-10-6-2-1-3-7-10/h2,10H,1,3-9H2. The molecule has 1 heteroatoms. The highest BCUT2D eigenvalue weighted by atomic mass is 35.5. The van der Waals surface area contributed by atoms with Crippen LogP contribution in [0.25, 0.3) is 0 Å². The average Bonchev–Trinajstić information content (AvgIpc) is 2.07. The predicted octanol–water partition coefficient (Wildman–Crippen LogP) is 3.79. The first-order valence-electron chi connectivity index (χ1n) is 4.81. The minimum atomic E-state index is 0.844. The molecule has 0 heterocycles. The van der Waals surface area contributed by atoms with Crippen LogP contribution in [-0.2, 0) is 0 Å². The van der Waals surface area contributed by atoms with Gasteiger partial charge in [0.2, 0.25) is 0 Å². The summed E-state index contributed by atoms with van der Waals surface area (Å²) in [5.41, 5.74) is 0. The molecule has 0 N–H and O–H groups in total. The van der Waals surface area contributed by atoms with E-state index in [1.54, 1.807) is 0 Å². The fourth-order valence-corrected chi connectivity index (χ4v) is 2.00. The zero-order valence-corrected chi connectivity index (χ0v) is 7.95. The topological polar surface area (TPSA) is 0 Å². The molecule has 11 heavy (non-hydrogen) atoms. The van der Waals surface area contributed by atoms with Crippen LogP contribution in [-0.4, -0.2) is 5.88 Å². The molecule has 1 saturated carbocycles. The maximum Gasteiger partial charge on any atom is 0.0223 e. The summed E-state index contributed by atoms with van der Waals surface area (Å²) in [5, 5.41) is 0. The first-order valence-corrected chi connectivity index (χ1v) is 5.34. The van der Waals surface area contributed by atoms with Gasteiger partial charge in [-0.1, -0.05) is 32.1 Å². The Morgan fingerprint density at radius 1 is 1.36 bits per heavy atom. The minimum absolute atomic E-state index is 0.844. The second kappa shape index (κ2) is 5.88. The summed E-state index contributed by atoms with van der Waals surface area (Å²) in [4.78, 5) is 0. The third-order valence-electron chi connectivity index (χ3n) is 2.52. The van der Waals surface area contributed by atoms with Gasteiger partial charge >= 0.3 is 0 Å². The third-order valence-corrected chi connectivity index (χ3v) is 2.78. The summed E-state index contributed by atoms with van der Waals surface area (Å²) in [6, 6.07) is 0. The van der Waals surface area contributed by atoms with Crippen LogP contribution < -0.4 is 0 Å². The summed E-state index contributed by atoms with van der Waals surface area (Å²) >= 11 is 5.61. The van der Waals surface area contributed by atoms with Gasteiger partial charge in [0, 0.05) is 5.88 Å². The maximum absolute atomic E-state index is 5.61. The van der Waals surface area contributed by atoms with Gasteiger partial charge in [0.1, 0.15) is 0 Å². The molecule has 1 radical (unpaired) electrons. The van der Waals surface area contributed by atoms with E-state index >= 15 is 0 Å². The van der Waals surface area contributed by atoms with Crippen LogP contribution in [0.15, 0.2) is 0 Å². The van der Waals surface area contributed by atoms with E-state index in [1.165, 1.54) is 44.9 Å². The van der Waals surface area contributed by atoms with E-state index in [0.717, 1.165) is 11.8 Å². The summed E-state index contributed by atoms with van der Waals surface area (Å²) < 4.78 is 0. The predicted molar refractivity (Wildman–Crippen MR) is 50.8 cm³/mol. The lowest BCUT2D eigenvalue weighted by Gasteiger charge is -2.20. The average molecular weight is 174 g/mol. The third kappa shape index (κ3) is 4.00. The van der Waals surface area contributed by atoms with Gasteiger partial charge < -0.3 is 0 Å². The van der Waals surface area contributed by atoms with Crippen molar-refractivity contribution in [2.24, 2.45) is 5.92 Å². The fraction of sp³-hybridized carbons (Fsp3) is 0.900. The van der Waals surface area contributed by atoms with Crippen molar-refractivity contribution < 1.29 is 0 Å². The lowest BCUT2D eigenvalue weighted by Crippen LogP contribution is -2.06. The van der Waals surface area contributed by atoms with Gasteiger partial charge in [-0.3, -0.25) is 0 Å². The van der Waals surface area contributed by atoms with E-state index in [-0.39, 0.29) is 0 Å². The Kier molecular flexibility index (Phi) is 5.01. The van der Waals surface area contributed by atoms with Crippen molar-refractivity contribution in [3.63, 3.8) is 0 Å². The van der Waals surface area contributed by atoms with Crippen molar-refractivity contribution in [3.8, 4) is 0 Å². The van der Waals surface area contributed by atoms with Gasteiger partial charge in [-0.2, -0.15) is 0 Å². The smallest absolute Gasteiger partial charge is 0.0223 e. The van der Waals surface area contributed by atoms with E-state index in [9.17, 15) is 0 Å². The molecule has 1 aliphatic carbocycles. The van der Waals surface area contributed by atoms with Crippen molar-refractivity contribution in [3.05, 3.63) is 6.42 Å². The van der Waals surface area contributed by atoms with Crippen LogP contribution in [0.3, 0.4) is 0 Å². The van der Waals surface area contributed by atoms with Gasteiger partial charge in [0.15, 0.2) is 0 Å². The first-order chi connectivity index (χ1) is 5.43. The molecule has 1 rings (SSSR count). The van der Waals surface area contributed by atoms with Crippen LogP contribution >= 0.6 is 11.6 Å². The van der Waals surface area contributed by atoms with E-state index in [4.69, 9.17) is 11.6 Å². The maximum atomic E-state index is 5.61. The molecule has 0 bridgehead atoms. The monoisotopic (exact) mass is 173 g/mol. The lowest BCUT2D eigenvalue weighted by atomic mass is 9.86. The zero-order chi connectivity index (χ0) is 7.94.